The maximum absolute atomic E-state index is 11.5. The van der Waals surface area contributed by atoms with Crippen molar-refractivity contribution in [2.24, 2.45) is 0 Å². The average Bonchev–Trinajstić information content (AvgIpc) is 3.47. The number of hydrogen-bond acceptors (Lipinski definition) is 12. The Balaban J connectivity index is 1.26. The Kier molecular flexibility index (Phi) is 10.0. The van der Waals surface area contributed by atoms with Crippen LogP contribution in [-0.4, -0.2) is 89.7 Å². The Morgan fingerprint density at radius 3 is 2.46 bits per heavy atom. The summed E-state index contributed by atoms with van der Waals surface area (Å²) in [5.74, 6) is 0. The van der Waals surface area contributed by atoms with Gasteiger partial charge in [0.05, 0.1) is 69.5 Å². The Labute approximate surface area is 201 Å². The van der Waals surface area contributed by atoms with Crippen molar-refractivity contribution in [3.05, 3.63) is 34.1 Å². The van der Waals surface area contributed by atoms with Gasteiger partial charge in [-0.2, -0.15) is 0 Å². The summed E-state index contributed by atoms with van der Waals surface area (Å²) in [7, 11) is -2.21. The topological polar surface area (TPSA) is 182 Å². The quantitative estimate of drug-likeness (QED) is 0.115. The molecule has 0 radical (unpaired) electrons. The first kappa shape index (κ1) is 26.6. The highest BCUT2D eigenvalue weighted by atomic mass is 31.2. The number of aromatic nitrogens is 5. The van der Waals surface area contributed by atoms with E-state index in [0.717, 1.165) is 0 Å². The molecule has 1 aromatic carbocycles. The first-order chi connectivity index (χ1) is 16.8. The summed E-state index contributed by atoms with van der Waals surface area (Å²) in [6.45, 7) is 7.52. The summed E-state index contributed by atoms with van der Waals surface area (Å²) in [6, 6.07) is 2.89. The van der Waals surface area contributed by atoms with Crippen LogP contribution in [0, 0.1) is 10.1 Å². The number of nitrogens with zero attached hydrogens (tertiary/aromatic N) is 6. The number of fused-ring (bicyclic) bond motifs is 1. The van der Waals surface area contributed by atoms with Crippen molar-refractivity contribution in [2.45, 2.75) is 13.1 Å². The third kappa shape index (κ3) is 8.96. The Morgan fingerprint density at radius 2 is 1.74 bits per heavy atom. The SMILES string of the molecule is CP(C)(=O)NCCOCCOCCOCCn1cc(CNc2ccc([N+](=O)[O-])c3nonc23)nn1. The molecule has 15 nitrogen and oxygen atoms in total. The van der Waals surface area contributed by atoms with Crippen molar-refractivity contribution in [1.82, 2.24) is 30.4 Å². The van der Waals surface area contributed by atoms with E-state index < -0.39 is 12.2 Å². The second-order valence-electron chi connectivity index (χ2n) is 7.77. The van der Waals surface area contributed by atoms with E-state index in [0.29, 0.717) is 70.7 Å². The average molecular weight is 512 g/mol. The molecule has 0 fully saturated rings. The number of nitrogens with one attached hydrogen (secondary N) is 2. The van der Waals surface area contributed by atoms with E-state index >= 15 is 0 Å². The van der Waals surface area contributed by atoms with E-state index in [1.807, 2.05) is 0 Å². The summed E-state index contributed by atoms with van der Waals surface area (Å²) in [6.07, 6.45) is 1.78. The predicted molar refractivity (Wildman–Crippen MR) is 126 cm³/mol. The third-order valence-electron chi connectivity index (χ3n) is 4.58. The minimum atomic E-state index is -2.21. The first-order valence-electron chi connectivity index (χ1n) is 10.9. The van der Waals surface area contributed by atoms with Crippen LogP contribution < -0.4 is 10.4 Å². The van der Waals surface area contributed by atoms with Crippen molar-refractivity contribution < 1.29 is 28.3 Å². The largest absolute Gasteiger partial charge is 0.378 e. The zero-order valence-corrected chi connectivity index (χ0v) is 20.5. The van der Waals surface area contributed by atoms with Gasteiger partial charge in [-0.05, 0) is 16.4 Å². The van der Waals surface area contributed by atoms with Gasteiger partial charge in [0.15, 0.2) is 5.52 Å². The van der Waals surface area contributed by atoms with Crippen LogP contribution >= 0.6 is 7.29 Å². The number of benzene rings is 1. The highest BCUT2D eigenvalue weighted by Gasteiger charge is 2.19. The lowest BCUT2D eigenvalue weighted by Crippen LogP contribution is -2.18. The monoisotopic (exact) mass is 512 g/mol. The van der Waals surface area contributed by atoms with Gasteiger partial charge in [0.1, 0.15) is 13.0 Å². The van der Waals surface area contributed by atoms with Gasteiger partial charge < -0.3 is 24.1 Å². The molecule has 0 saturated carbocycles. The maximum Gasteiger partial charge on any atom is 0.300 e. The minimum Gasteiger partial charge on any atom is -0.378 e. The summed E-state index contributed by atoms with van der Waals surface area (Å²) >= 11 is 0. The van der Waals surface area contributed by atoms with E-state index in [4.69, 9.17) is 14.2 Å². The number of ether oxygens (including phenoxy) is 3. The lowest BCUT2D eigenvalue weighted by molar-refractivity contribution is -0.383. The van der Waals surface area contributed by atoms with Crippen LogP contribution in [-0.2, 0) is 31.9 Å². The highest BCUT2D eigenvalue weighted by molar-refractivity contribution is 7.60. The van der Waals surface area contributed by atoms with E-state index in [9.17, 15) is 14.7 Å². The Hall–Kier alpha value is -2.97. The van der Waals surface area contributed by atoms with Crippen LogP contribution in [0.2, 0.25) is 0 Å². The molecule has 0 bridgehead atoms. The van der Waals surface area contributed by atoms with Gasteiger partial charge >= 0.3 is 5.69 Å². The van der Waals surface area contributed by atoms with Crippen molar-refractivity contribution in [3.8, 4) is 0 Å². The second-order valence-corrected chi connectivity index (χ2v) is 10.8. The maximum atomic E-state index is 11.5. The minimum absolute atomic E-state index is 0.0793. The molecule has 0 aliphatic heterocycles. The molecule has 2 heterocycles. The Bertz CT molecular complexity index is 1130. The first-order valence-corrected chi connectivity index (χ1v) is 13.5. The van der Waals surface area contributed by atoms with Gasteiger partial charge in [0, 0.05) is 25.9 Å². The van der Waals surface area contributed by atoms with Crippen molar-refractivity contribution >= 4 is 29.7 Å². The molecular weight excluding hydrogens is 483 g/mol. The normalized spacial score (nSPS) is 11.8. The number of anilines is 1. The van der Waals surface area contributed by atoms with E-state index in [1.54, 1.807) is 30.3 Å². The summed E-state index contributed by atoms with van der Waals surface area (Å²) in [5.41, 5.74) is 1.39. The van der Waals surface area contributed by atoms with Crippen LogP contribution in [0.3, 0.4) is 0 Å². The summed E-state index contributed by atoms with van der Waals surface area (Å²) in [4.78, 5) is 10.5. The Morgan fingerprint density at radius 1 is 1.06 bits per heavy atom. The molecule has 0 saturated heterocycles. The molecule has 2 aromatic heterocycles. The predicted octanol–water partition coefficient (Wildman–Crippen LogP) is 1.51. The van der Waals surface area contributed by atoms with Crippen LogP contribution in [0.15, 0.2) is 23.0 Å². The number of non-ortho nitro benzene ring substituents is 1. The lowest BCUT2D eigenvalue weighted by atomic mass is 10.2. The zero-order chi connectivity index (χ0) is 25.1. The van der Waals surface area contributed by atoms with Crippen molar-refractivity contribution in [1.29, 1.82) is 0 Å². The number of hydrogen-bond donors (Lipinski definition) is 2. The molecule has 2 N–H and O–H groups in total. The van der Waals surface area contributed by atoms with Crippen LogP contribution in [0.4, 0.5) is 11.4 Å². The molecule has 3 rings (SSSR count). The molecular formula is C19H29N8O7P. The summed E-state index contributed by atoms with van der Waals surface area (Å²) in [5, 5.41) is 32.6. The van der Waals surface area contributed by atoms with Gasteiger partial charge in [-0.25, -0.2) is 9.31 Å². The van der Waals surface area contributed by atoms with Crippen LogP contribution in [0.5, 0.6) is 0 Å². The number of nitro groups is 1. The van der Waals surface area contributed by atoms with Crippen molar-refractivity contribution in [2.75, 3.05) is 64.8 Å². The highest BCUT2D eigenvalue weighted by Crippen LogP contribution is 2.29. The molecule has 0 atom stereocenters. The van der Waals surface area contributed by atoms with Gasteiger partial charge in [0.2, 0.25) is 5.52 Å². The molecule has 3 aromatic rings. The molecule has 16 heteroatoms. The van der Waals surface area contributed by atoms with E-state index in [2.05, 4.69) is 35.7 Å². The smallest absolute Gasteiger partial charge is 0.300 e. The molecule has 35 heavy (non-hydrogen) atoms. The molecule has 0 unspecified atom stereocenters. The fraction of sp³-hybridized carbons (Fsp3) is 0.579. The van der Waals surface area contributed by atoms with Gasteiger partial charge in [0.25, 0.3) is 0 Å². The number of rotatable bonds is 17. The second kappa shape index (κ2) is 13.2. The fourth-order valence-corrected chi connectivity index (χ4v) is 3.57. The van der Waals surface area contributed by atoms with Crippen LogP contribution in [0.1, 0.15) is 5.69 Å². The third-order valence-corrected chi connectivity index (χ3v) is 5.57. The number of nitro benzene ring substituents is 1. The van der Waals surface area contributed by atoms with Crippen LogP contribution in [0.25, 0.3) is 11.0 Å². The molecule has 0 spiro atoms. The zero-order valence-electron chi connectivity index (χ0n) is 19.6. The van der Waals surface area contributed by atoms with Gasteiger partial charge in [-0.1, -0.05) is 5.21 Å². The van der Waals surface area contributed by atoms with Crippen molar-refractivity contribution in [3.63, 3.8) is 0 Å². The molecule has 192 valence electrons. The van der Waals surface area contributed by atoms with Gasteiger partial charge in [-0.15, -0.1) is 5.10 Å². The lowest BCUT2D eigenvalue weighted by Gasteiger charge is -2.10. The fourth-order valence-electron chi connectivity index (χ4n) is 2.95. The van der Waals surface area contributed by atoms with Gasteiger partial charge in [-0.3, -0.25) is 15.2 Å². The molecule has 0 amide bonds. The van der Waals surface area contributed by atoms with E-state index in [1.165, 1.54) is 6.07 Å². The molecule has 0 aliphatic rings. The van der Waals surface area contributed by atoms with E-state index in [-0.39, 0.29) is 16.7 Å². The standard InChI is InChI=1S/C19H29N8O7P/c1-35(2,30)21-5-7-31-9-11-33-12-10-32-8-6-26-14-15(22-25-26)13-20-16-3-4-17(27(28)29)19-18(16)23-34-24-19/h3-4,14,20H,5-13H2,1-2H3,(H,21,30). The summed E-state index contributed by atoms with van der Waals surface area (Å²) < 4.78 is 34.1. The molecule has 0 aliphatic carbocycles.